The van der Waals surface area contributed by atoms with E-state index in [1.165, 1.54) is 77.0 Å². The minimum absolute atomic E-state index is 0.104. The molecule has 0 aliphatic carbocycles. The largest absolute Gasteiger partial charge is 0.462 e. The maximum atomic E-state index is 12.8. The number of unbranched alkanes of at least 4 members (excludes halogenated alkanes) is 22. The molecule has 0 saturated carbocycles. The summed E-state index contributed by atoms with van der Waals surface area (Å²) < 4.78 is 16.7. The molecule has 356 valence electrons. The van der Waals surface area contributed by atoms with Crippen LogP contribution in [-0.2, 0) is 28.6 Å². The normalized spacial score (nSPS) is 13.0. The molecular weight excluding hydrogens is 781 g/mol. The van der Waals surface area contributed by atoms with Gasteiger partial charge in [0.05, 0.1) is 0 Å². The van der Waals surface area contributed by atoms with Crippen molar-refractivity contribution in [3.8, 4) is 0 Å². The van der Waals surface area contributed by atoms with E-state index in [9.17, 15) is 14.4 Å². The third-order valence-electron chi connectivity index (χ3n) is 10.5. The molecule has 0 rings (SSSR count). The van der Waals surface area contributed by atoms with Gasteiger partial charge in [0.15, 0.2) is 6.10 Å². The number of rotatable bonds is 44. The summed E-state index contributed by atoms with van der Waals surface area (Å²) in [4.78, 5) is 37.9. The first-order chi connectivity index (χ1) is 31.0. The number of allylic oxidation sites excluding steroid dienone is 18. The van der Waals surface area contributed by atoms with Gasteiger partial charge in [-0.2, -0.15) is 0 Å². The van der Waals surface area contributed by atoms with Crippen LogP contribution >= 0.6 is 0 Å². The molecule has 0 radical (unpaired) electrons. The van der Waals surface area contributed by atoms with Crippen molar-refractivity contribution in [3.05, 3.63) is 109 Å². The molecule has 0 N–H and O–H groups in total. The predicted octanol–water partition coefficient (Wildman–Crippen LogP) is 16.8. The fraction of sp³-hybridized carbons (Fsp3) is 0.632. The van der Waals surface area contributed by atoms with E-state index in [0.29, 0.717) is 19.3 Å². The highest BCUT2D eigenvalue weighted by atomic mass is 16.6. The second-order valence-corrected chi connectivity index (χ2v) is 16.6. The van der Waals surface area contributed by atoms with E-state index in [1.807, 2.05) is 48.6 Å². The van der Waals surface area contributed by atoms with E-state index < -0.39 is 6.10 Å². The number of hydrogen-bond donors (Lipinski definition) is 0. The quantitative estimate of drug-likeness (QED) is 0.0263. The minimum Gasteiger partial charge on any atom is -0.462 e. The van der Waals surface area contributed by atoms with Crippen LogP contribution in [0.4, 0.5) is 0 Å². The molecular formula is C57H92O6. The van der Waals surface area contributed by atoms with Gasteiger partial charge in [0.25, 0.3) is 0 Å². The first-order valence-electron chi connectivity index (χ1n) is 25.5. The molecule has 1 unspecified atom stereocenters. The van der Waals surface area contributed by atoms with Crippen LogP contribution in [0.1, 0.15) is 213 Å². The summed E-state index contributed by atoms with van der Waals surface area (Å²) in [6.07, 6.45) is 67.7. The van der Waals surface area contributed by atoms with Gasteiger partial charge in [-0.05, 0) is 64.2 Å². The Morgan fingerprint density at radius 3 is 1.02 bits per heavy atom. The molecule has 6 heteroatoms. The molecule has 1 atom stereocenters. The van der Waals surface area contributed by atoms with Crippen molar-refractivity contribution >= 4 is 17.9 Å². The van der Waals surface area contributed by atoms with Crippen LogP contribution in [0.3, 0.4) is 0 Å². The Labute approximate surface area is 387 Å². The summed E-state index contributed by atoms with van der Waals surface area (Å²) in [5.41, 5.74) is 0. The van der Waals surface area contributed by atoms with E-state index in [0.717, 1.165) is 89.9 Å². The monoisotopic (exact) mass is 873 g/mol. The van der Waals surface area contributed by atoms with Crippen LogP contribution in [0.2, 0.25) is 0 Å². The first kappa shape index (κ1) is 59.1. The molecule has 0 fully saturated rings. The molecule has 0 aromatic heterocycles. The van der Waals surface area contributed by atoms with Gasteiger partial charge >= 0.3 is 17.9 Å². The molecule has 0 aromatic carbocycles. The van der Waals surface area contributed by atoms with Crippen LogP contribution in [0.15, 0.2) is 109 Å². The van der Waals surface area contributed by atoms with E-state index in [1.54, 1.807) is 0 Å². The van der Waals surface area contributed by atoms with E-state index >= 15 is 0 Å². The van der Waals surface area contributed by atoms with Crippen molar-refractivity contribution in [1.29, 1.82) is 0 Å². The summed E-state index contributed by atoms with van der Waals surface area (Å²) in [6, 6.07) is 0. The first-order valence-corrected chi connectivity index (χ1v) is 25.5. The second kappa shape index (κ2) is 50.7. The highest BCUT2D eigenvalue weighted by Gasteiger charge is 2.19. The highest BCUT2D eigenvalue weighted by Crippen LogP contribution is 2.14. The molecule has 0 saturated heterocycles. The molecule has 63 heavy (non-hydrogen) atoms. The van der Waals surface area contributed by atoms with Crippen molar-refractivity contribution in [2.75, 3.05) is 13.2 Å². The Morgan fingerprint density at radius 1 is 0.333 bits per heavy atom. The SMILES string of the molecule is CC\C=C/C=C\C=C/C=C\C=C/CCCCCC(=O)OC(COC(=O)CCCCCCC\C=C/C=C\C=C/C=C\CCCCC)COC(=O)CCCCCCCCCCCCCC. The Morgan fingerprint density at radius 2 is 0.619 bits per heavy atom. The maximum Gasteiger partial charge on any atom is 0.306 e. The summed E-state index contributed by atoms with van der Waals surface area (Å²) in [5, 5.41) is 0. The van der Waals surface area contributed by atoms with Crippen molar-refractivity contribution in [2.24, 2.45) is 0 Å². The van der Waals surface area contributed by atoms with Gasteiger partial charge in [0, 0.05) is 19.3 Å². The molecule has 0 aromatic rings. The summed E-state index contributed by atoms with van der Waals surface area (Å²) in [5.74, 6) is -0.975. The fourth-order valence-corrected chi connectivity index (χ4v) is 6.65. The van der Waals surface area contributed by atoms with Gasteiger partial charge in [0.1, 0.15) is 13.2 Å². The minimum atomic E-state index is -0.810. The number of esters is 3. The predicted molar refractivity (Wildman–Crippen MR) is 270 cm³/mol. The van der Waals surface area contributed by atoms with Gasteiger partial charge in [-0.15, -0.1) is 0 Å². The lowest BCUT2D eigenvalue weighted by atomic mass is 10.0. The number of carbonyl (C=O) groups excluding carboxylic acids is 3. The zero-order chi connectivity index (χ0) is 45.8. The average Bonchev–Trinajstić information content (AvgIpc) is 3.28. The standard InChI is InChI=1S/C57H92O6/c1-4-7-10-13-16-19-22-25-27-28-29-31-32-35-38-41-44-47-50-56(59)62-53-54(52-61-55(58)49-46-43-40-37-34-24-21-18-15-12-9-6-3)63-57(60)51-48-45-42-39-36-33-30-26-23-20-17-14-11-8-5-2/h8,11,14,16-17,19-20,22-23,25-31,33,36,54H,4-7,9-10,12-13,15,18,21,24,32,34-35,37-53H2,1-3H3/b11-8-,17-14-,19-16-,23-20-,25-22-,28-27-,30-26-,31-29-,36-33-. The van der Waals surface area contributed by atoms with Crippen LogP contribution in [0.25, 0.3) is 0 Å². The zero-order valence-electron chi connectivity index (χ0n) is 40.5. The molecule has 0 heterocycles. The molecule has 0 amide bonds. The van der Waals surface area contributed by atoms with E-state index in [4.69, 9.17) is 14.2 Å². The summed E-state index contributed by atoms with van der Waals surface area (Å²) in [7, 11) is 0. The number of hydrogen-bond acceptors (Lipinski definition) is 6. The van der Waals surface area contributed by atoms with Crippen LogP contribution in [-0.4, -0.2) is 37.2 Å². The Kier molecular flexibility index (Phi) is 47.5. The van der Waals surface area contributed by atoms with Crippen LogP contribution < -0.4 is 0 Å². The molecule has 6 nitrogen and oxygen atoms in total. The zero-order valence-corrected chi connectivity index (χ0v) is 40.5. The van der Waals surface area contributed by atoms with Crippen molar-refractivity contribution in [2.45, 2.75) is 219 Å². The molecule has 0 spiro atoms. The number of ether oxygens (including phenoxy) is 3. The molecule has 0 bridgehead atoms. The summed E-state index contributed by atoms with van der Waals surface area (Å²) >= 11 is 0. The van der Waals surface area contributed by atoms with Crippen LogP contribution in [0.5, 0.6) is 0 Å². The Hall–Kier alpha value is -3.93. The lowest BCUT2D eigenvalue weighted by Gasteiger charge is -2.18. The molecule has 0 aliphatic heterocycles. The van der Waals surface area contributed by atoms with E-state index in [2.05, 4.69) is 81.5 Å². The molecule has 0 aliphatic rings. The van der Waals surface area contributed by atoms with Gasteiger partial charge in [-0.1, -0.05) is 239 Å². The number of carbonyl (C=O) groups is 3. The Bertz CT molecular complexity index is 1330. The smallest absolute Gasteiger partial charge is 0.306 e. The fourth-order valence-electron chi connectivity index (χ4n) is 6.65. The Balaban J connectivity index is 4.52. The highest BCUT2D eigenvalue weighted by molar-refractivity contribution is 5.71. The van der Waals surface area contributed by atoms with Gasteiger partial charge < -0.3 is 14.2 Å². The average molecular weight is 873 g/mol. The van der Waals surface area contributed by atoms with Gasteiger partial charge in [-0.3, -0.25) is 14.4 Å². The lowest BCUT2D eigenvalue weighted by molar-refractivity contribution is -0.167. The van der Waals surface area contributed by atoms with Gasteiger partial charge in [0.2, 0.25) is 0 Å². The summed E-state index contributed by atoms with van der Waals surface area (Å²) in [6.45, 7) is 6.38. The second-order valence-electron chi connectivity index (χ2n) is 16.6. The van der Waals surface area contributed by atoms with Gasteiger partial charge in [-0.25, -0.2) is 0 Å². The third kappa shape index (κ3) is 49.0. The van der Waals surface area contributed by atoms with Crippen molar-refractivity contribution < 1.29 is 28.6 Å². The van der Waals surface area contributed by atoms with Crippen LogP contribution in [0, 0.1) is 0 Å². The maximum absolute atomic E-state index is 12.8. The van der Waals surface area contributed by atoms with Crippen molar-refractivity contribution in [3.63, 3.8) is 0 Å². The topological polar surface area (TPSA) is 78.9 Å². The third-order valence-corrected chi connectivity index (χ3v) is 10.5. The lowest BCUT2D eigenvalue weighted by Crippen LogP contribution is -2.30. The van der Waals surface area contributed by atoms with E-state index in [-0.39, 0.29) is 37.5 Å². The van der Waals surface area contributed by atoms with Crippen molar-refractivity contribution in [1.82, 2.24) is 0 Å².